The number of nitrogens with zero attached hydrogens (tertiary/aromatic N) is 3. The fourth-order valence-electron chi connectivity index (χ4n) is 4.06. The highest BCUT2D eigenvalue weighted by molar-refractivity contribution is 6.30. The molecule has 1 amide bonds. The highest BCUT2D eigenvalue weighted by atomic mass is 35.5. The van der Waals surface area contributed by atoms with Gasteiger partial charge in [-0.1, -0.05) is 35.9 Å². The van der Waals surface area contributed by atoms with Gasteiger partial charge in [-0.3, -0.25) is 9.59 Å². The Kier molecular flexibility index (Phi) is 4.64. The van der Waals surface area contributed by atoms with E-state index in [1.54, 1.807) is 53.8 Å². The predicted octanol–water partition coefficient (Wildman–Crippen LogP) is 4.28. The summed E-state index contributed by atoms with van der Waals surface area (Å²) in [6.45, 7) is 1.18. The van der Waals surface area contributed by atoms with Gasteiger partial charge in [-0.15, -0.1) is 0 Å². The Balaban J connectivity index is 1.60. The van der Waals surface area contributed by atoms with E-state index in [9.17, 15) is 9.59 Å². The molecule has 5 rings (SSSR count). The van der Waals surface area contributed by atoms with E-state index in [-0.39, 0.29) is 17.1 Å². The van der Waals surface area contributed by atoms with Crippen molar-refractivity contribution in [1.82, 2.24) is 14.5 Å². The number of fused-ring (bicyclic) bond motifs is 2. The Bertz CT molecular complexity index is 1300. The number of carbonyl (C=O) groups excluding carboxylic acids is 1. The van der Waals surface area contributed by atoms with Crippen LogP contribution in [-0.2, 0) is 6.54 Å². The minimum Gasteiger partial charge on any atom is -0.450 e. The van der Waals surface area contributed by atoms with Crippen molar-refractivity contribution in [1.29, 1.82) is 0 Å². The Hall–Kier alpha value is -3.38. The monoisotopic (exact) mass is 419 g/mol. The maximum atomic E-state index is 13.4. The van der Waals surface area contributed by atoms with E-state index in [2.05, 4.69) is 4.98 Å². The van der Waals surface area contributed by atoms with Gasteiger partial charge in [0.1, 0.15) is 5.58 Å². The molecule has 0 radical (unpaired) electrons. The molecule has 1 unspecified atom stereocenters. The lowest BCUT2D eigenvalue weighted by atomic mass is 9.98. The van der Waals surface area contributed by atoms with Crippen molar-refractivity contribution in [2.45, 2.75) is 19.0 Å². The summed E-state index contributed by atoms with van der Waals surface area (Å²) in [7, 11) is 0. The average molecular weight is 420 g/mol. The van der Waals surface area contributed by atoms with E-state index in [1.165, 1.54) is 0 Å². The number of carbonyl (C=O) groups is 1. The van der Waals surface area contributed by atoms with E-state index >= 15 is 0 Å². The zero-order valence-electron chi connectivity index (χ0n) is 16.0. The van der Waals surface area contributed by atoms with E-state index in [4.69, 9.17) is 16.0 Å². The first-order valence-electron chi connectivity index (χ1n) is 9.71. The molecule has 0 N–H and O–H groups in total. The van der Waals surface area contributed by atoms with Crippen LogP contribution in [0.4, 0.5) is 0 Å². The lowest BCUT2D eigenvalue weighted by molar-refractivity contribution is 0.0723. The number of imidazole rings is 1. The first-order chi connectivity index (χ1) is 14.6. The highest BCUT2D eigenvalue weighted by Crippen LogP contribution is 2.38. The summed E-state index contributed by atoms with van der Waals surface area (Å²) < 4.78 is 7.88. The Morgan fingerprint density at radius 1 is 1.07 bits per heavy atom. The second kappa shape index (κ2) is 7.46. The van der Waals surface area contributed by atoms with Crippen molar-refractivity contribution in [3.8, 4) is 0 Å². The summed E-state index contributed by atoms with van der Waals surface area (Å²) in [5.41, 5.74) is 1.41. The number of benzene rings is 2. The van der Waals surface area contributed by atoms with Gasteiger partial charge in [0.25, 0.3) is 5.91 Å². The molecule has 1 aliphatic heterocycles. The molecule has 2 aromatic heterocycles. The first kappa shape index (κ1) is 18.6. The molecule has 4 aromatic rings. The van der Waals surface area contributed by atoms with Crippen LogP contribution in [0.5, 0.6) is 0 Å². The molecule has 0 spiro atoms. The van der Waals surface area contributed by atoms with Crippen molar-refractivity contribution in [2.75, 3.05) is 6.54 Å². The summed E-state index contributed by atoms with van der Waals surface area (Å²) >= 11 is 6.23. The van der Waals surface area contributed by atoms with Gasteiger partial charge in [-0.2, -0.15) is 0 Å². The number of aromatic nitrogens is 2. The van der Waals surface area contributed by atoms with Crippen LogP contribution >= 0.6 is 11.6 Å². The van der Waals surface area contributed by atoms with Crippen molar-refractivity contribution in [3.05, 3.63) is 99.4 Å². The Labute approximate surface area is 177 Å². The van der Waals surface area contributed by atoms with Gasteiger partial charge in [0.15, 0.2) is 5.43 Å². The number of aryl methyl sites for hydroxylation is 1. The molecule has 150 valence electrons. The summed E-state index contributed by atoms with van der Waals surface area (Å²) in [5, 5.41) is 1.02. The molecule has 1 aliphatic rings. The van der Waals surface area contributed by atoms with Crippen LogP contribution in [0.3, 0.4) is 0 Å². The molecule has 30 heavy (non-hydrogen) atoms. The largest absolute Gasteiger partial charge is 0.450 e. The molecule has 0 saturated carbocycles. The van der Waals surface area contributed by atoms with Gasteiger partial charge < -0.3 is 13.9 Å². The van der Waals surface area contributed by atoms with Crippen molar-refractivity contribution in [2.24, 2.45) is 0 Å². The number of amides is 1. The first-order valence-corrected chi connectivity index (χ1v) is 10.1. The molecule has 2 aromatic carbocycles. The number of halogens is 1. The normalized spacial score (nSPS) is 15.7. The third-order valence-corrected chi connectivity index (χ3v) is 5.65. The Morgan fingerprint density at radius 3 is 2.73 bits per heavy atom. The van der Waals surface area contributed by atoms with E-state index < -0.39 is 6.04 Å². The maximum absolute atomic E-state index is 13.4. The molecule has 7 heteroatoms. The number of hydrogen-bond donors (Lipinski definition) is 0. The Morgan fingerprint density at radius 2 is 1.93 bits per heavy atom. The van der Waals surface area contributed by atoms with Gasteiger partial charge >= 0.3 is 0 Å². The molecule has 1 atom stereocenters. The van der Waals surface area contributed by atoms with Crippen molar-refractivity contribution < 1.29 is 9.21 Å². The van der Waals surface area contributed by atoms with E-state index in [1.807, 2.05) is 22.9 Å². The van der Waals surface area contributed by atoms with Crippen LogP contribution in [0.25, 0.3) is 11.0 Å². The van der Waals surface area contributed by atoms with Gasteiger partial charge in [0.05, 0.1) is 23.3 Å². The fraction of sp³-hybridized carbons (Fsp3) is 0.174. The summed E-state index contributed by atoms with van der Waals surface area (Å²) in [6, 6.07) is 13.8. The lowest BCUT2D eigenvalue weighted by Gasteiger charge is -2.25. The van der Waals surface area contributed by atoms with Crippen LogP contribution in [-0.4, -0.2) is 26.9 Å². The molecule has 6 nitrogen and oxygen atoms in total. The standard InChI is InChI=1S/C23H18ClN3O3/c24-16-6-3-5-15(13-16)20-19-21(28)17-7-1-2-8-18(17)30-22(19)23(29)27(20)11-4-10-26-12-9-25-14-26/h1-3,5-9,12-14,20H,4,10-11H2. The third-order valence-electron chi connectivity index (χ3n) is 5.41. The molecular formula is C23H18ClN3O3. The smallest absolute Gasteiger partial charge is 0.290 e. The second-order valence-electron chi connectivity index (χ2n) is 7.28. The van der Waals surface area contributed by atoms with Crippen LogP contribution in [0.15, 0.2) is 76.5 Å². The van der Waals surface area contributed by atoms with Gasteiger partial charge in [-0.05, 0) is 36.2 Å². The van der Waals surface area contributed by atoms with Crippen molar-refractivity contribution in [3.63, 3.8) is 0 Å². The summed E-state index contributed by atoms with van der Waals surface area (Å²) in [4.78, 5) is 32.4. The molecule has 3 heterocycles. The molecular weight excluding hydrogens is 402 g/mol. The fourth-order valence-corrected chi connectivity index (χ4v) is 4.26. The minimum absolute atomic E-state index is 0.117. The van der Waals surface area contributed by atoms with Crippen LogP contribution in [0.1, 0.15) is 34.1 Å². The number of hydrogen-bond acceptors (Lipinski definition) is 4. The quantitative estimate of drug-likeness (QED) is 0.484. The second-order valence-corrected chi connectivity index (χ2v) is 7.72. The topological polar surface area (TPSA) is 68.3 Å². The predicted molar refractivity (Wildman–Crippen MR) is 114 cm³/mol. The maximum Gasteiger partial charge on any atom is 0.290 e. The zero-order valence-corrected chi connectivity index (χ0v) is 16.7. The zero-order chi connectivity index (χ0) is 20.7. The van der Waals surface area contributed by atoms with E-state index in [0.717, 1.165) is 5.56 Å². The van der Waals surface area contributed by atoms with Crippen LogP contribution in [0, 0.1) is 0 Å². The number of para-hydroxylation sites is 1. The van der Waals surface area contributed by atoms with Crippen LogP contribution < -0.4 is 5.43 Å². The van der Waals surface area contributed by atoms with Crippen molar-refractivity contribution >= 4 is 28.5 Å². The number of rotatable bonds is 5. The third kappa shape index (κ3) is 3.09. The summed E-state index contributed by atoms with van der Waals surface area (Å²) in [6.07, 6.45) is 6.06. The van der Waals surface area contributed by atoms with E-state index in [0.29, 0.717) is 41.1 Å². The van der Waals surface area contributed by atoms with Crippen LogP contribution in [0.2, 0.25) is 5.02 Å². The molecule has 0 fully saturated rings. The SMILES string of the molecule is O=C1c2oc3ccccc3c(=O)c2C(c2cccc(Cl)c2)N1CCCn1ccnc1. The molecule has 0 bridgehead atoms. The van der Waals surface area contributed by atoms with Gasteiger partial charge in [0.2, 0.25) is 5.76 Å². The molecule has 0 aliphatic carbocycles. The molecule has 0 saturated heterocycles. The average Bonchev–Trinajstić information content (AvgIpc) is 3.36. The highest BCUT2D eigenvalue weighted by Gasteiger charge is 2.42. The van der Waals surface area contributed by atoms with Gasteiger partial charge in [0, 0.05) is 30.5 Å². The summed E-state index contributed by atoms with van der Waals surface area (Å²) in [5.74, 6) is -0.158. The minimum atomic E-state index is -0.533. The lowest BCUT2D eigenvalue weighted by Crippen LogP contribution is -2.31. The van der Waals surface area contributed by atoms with Gasteiger partial charge in [-0.25, -0.2) is 4.98 Å².